The Labute approximate surface area is 220 Å². The number of carbonyl (C=O) groups excluding carboxylic acids is 1. The lowest BCUT2D eigenvalue weighted by atomic mass is 9.90. The molecule has 5 heteroatoms. The number of carbonyl (C=O) groups is 1. The Morgan fingerprint density at radius 1 is 1.03 bits per heavy atom. The molecule has 0 aromatic heterocycles. The molecular formula is C32H37NO4. The van der Waals surface area contributed by atoms with Crippen LogP contribution >= 0.6 is 0 Å². The molecule has 0 aliphatic heterocycles. The zero-order valence-electron chi connectivity index (χ0n) is 22.6. The third-order valence-electron chi connectivity index (χ3n) is 7.96. The number of nitrogens with one attached hydrogen (secondary N) is 1. The number of anilines is 1. The van der Waals surface area contributed by atoms with E-state index in [0.717, 1.165) is 37.2 Å². The van der Waals surface area contributed by atoms with Gasteiger partial charge in [0.1, 0.15) is 18.5 Å². The van der Waals surface area contributed by atoms with E-state index in [9.17, 15) is 4.79 Å². The summed E-state index contributed by atoms with van der Waals surface area (Å²) in [4.78, 5) is 11.7. The van der Waals surface area contributed by atoms with Gasteiger partial charge in [-0.2, -0.15) is 0 Å². The minimum Gasteiger partial charge on any atom is -0.491 e. The molecule has 1 N–H and O–H groups in total. The number of benzene rings is 3. The molecule has 0 heterocycles. The first-order valence-electron chi connectivity index (χ1n) is 13.2. The van der Waals surface area contributed by atoms with Crippen molar-refractivity contribution in [1.29, 1.82) is 0 Å². The zero-order valence-corrected chi connectivity index (χ0v) is 22.6. The van der Waals surface area contributed by atoms with E-state index in [-0.39, 0.29) is 17.5 Å². The summed E-state index contributed by atoms with van der Waals surface area (Å²) in [5.41, 5.74) is 11.2. The van der Waals surface area contributed by atoms with Gasteiger partial charge in [0.2, 0.25) is 0 Å². The van der Waals surface area contributed by atoms with Gasteiger partial charge in [-0.05, 0) is 109 Å². The lowest BCUT2D eigenvalue weighted by Gasteiger charge is -2.19. The average Bonchev–Trinajstić information content (AvgIpc) is 3.56. The second-order valence-corrected chi connectivity index (χ2v) is 10.7. The smallest absolute Gasteiger partial charge is 0.303 e. The van der Waals surface area contributed by atoms with Gasteiger partial charge in [-0.15, -0.1) is 0 Å². The van der Waals surface area contributed by atoms with Crippen LogP contribution in [0.25, 0.3) is 11.1 Å². The molecule has 0 amide bonds. The normalized spacial score (nSPS) is 16.9. The van der Waals surface area contributed by atoms with Crippen LogP contribution in [0.5, 0.6) is 5.75 Å². The monoisotopic (exact) mass is 499 g/mol. The van der Waals surface area contributed by atoms with Crippen LogP contribution in [0.3, 0.4) is 0 Å². The molecule has 0 bridgehead atoms. The van der Waals surface area contributed by atoms with Gasteiger partial charge in [0.15, 0.2) is 0 Å². The first-order valence-corrected chi connectivity index (χ1v) is 13.2. The average molecular weight is 500 g/mol. The third-order valence-corrected chi connectivity index (χ3v) is 7.96. The fraction of sp³-hybridized carbons (Fsp3) is 0.406. The summed E-state index contributed by atoms with van der Waals surface area (Å²) in [6.07, 6.45) is 3.17. The van der Waals surface area contributed by atoms with E-state index in [1.807, 2.05) is 0 Å². The van der Waals surface area contributed by atoms with Crippen molar-refractivity contribution in [2.75, 3.05) is 25.6 Å². The van der Waals surface area contributed by atoms with Crippen molar-refractivity contribution >= 4 is 11.7 Å². The maximum atomic E-state index is 11.7. The molecule has 5 nitrogen and oxygen atoms in total. The van der Waals surface area contributed by atoms with Crippen LogP contribution in [0, 0.1) is 26.2 Å². The highest BCUT2D eigenvalue weighted by Crippen LogP contribution is 2.63. The summed E-state index contributed by atoms with van der Waals surface area (Å²) < 4.78 is 16.7. The van der Waals surface area contributed by atoms with Gasteiger partial charge in [-0.25, -0.2) is 0 Å². The summed E-state index contributed by atoms with van der Waals surface area (Å²) in [7, 11) is 1.68. The van der Waals surface area contributed by atoms with Crippen LogP contribution in [0.15, 0.2) is 48.5 Å². The third kappa shape index (κ3) is 5.10. The first-order chi connectivity index (χ1) is 17.8. The van der Waals surface area contributed by atoms with E-state index in [1.165, 1.54) is 51.4 Å². The van der Waals surface area contributed by atoms with E-state index in [1.54, 1.807) is 7.11 Å². The second kappa shape index (κ2) is 10.2. The van der Waals surface area contributed by atoms with Gasteiger partial charge >= 0.3 is 5.97 Å². The van der Waals surface area contributed by atoms with Gasteiger partial charge in [-0.3, -0.25) is 4.79 Å². The molecule has 3 aromatic rings. The van der Waals surface area contributed by atoms with Gasteiger partial charge in [-0.1, -0.05) is 24.3 Å². The van der Waals surface area contributed by atoms with E-state index < -0.39 is 0 Å². The first kappa shape index (κ1) is 25.3. The van der Waals surface area contributed by atoms with E-state index in [0.29, 0.717) is 13.2 Å². The summed E-state index contributed by atoms with van der Waals surface area (Å²) in [6, 6.07) is 17.3. The number of fused-ring (bicyclic) bond motifs is 1. The molecular weight excluding hydrogens is 462 g/mol. The van der Waals surface area contributed by atoms with Crippen LogP contribution in [-0.2, 0) is 27.2 Å². The van der Waals surface area contributed by atoms with Crippen molar-refractivity contribution in [2.45, 2.75) is 59.6 Å². The van der Waals surface area contributed by atoms with Gasteiger partial charge in [0.05, 0.1) is 6.61 Å². The number of hydrogen-bond donors (Lipinski definition) is 1. The number of hydrogen-bond acceptors (Lipinski definition) is 5. The lowest BCUT2D eigenvalue weighted by Crippen LogP contribution is -2.15. The van der Waals surface area contributed by atoms with E-state index >= 15 is 0 Å². The van der Waals surface area contributed by atoms with Crippen molar-refractivity contribution < 1.29 is 19.0 Å². The minimum atomic E-state index is -0.194. The molecule has 1 spiro atoms. The highest BCUT2D eigenvalue weighted by molar-refractivity contribution is 5.75. The van der Waals surface area contributed by atoms with Crippen molar-refractivity contribution in [3.05, 3.63) is 81.9 Å². The second-order valence-electron chi connectivity index (χ2n) is 10.7. The highest BCUT2D eigenvalue weighted by atomic mass is 16.5. The molecule has 0 unspecified atom stereocenters. The predicted octanol–water partition coefficient (Wildman–Crippen LogP) is 6.86. The van der Waals surface area contributed by atoms with Crippen LogP contribution < -0.4 is 10.1 Å². The predicted molar refractivity (Wildman–Crippen MR) is 147 cm³/mol. The summed E-state index contributed by atoms with van der Waals surface area (Å²) >= 11 is 0. The Kier molecular flexibility index (Phi) is 7.00. The Hall–Kier alpha value is -3.31. The van der Waals surface area contributed by atoms with Crippen LogP contribution in [0.1, 0.15) is 59.3 Å². The number of rotatable bonds is 9. The number of esters is 1. The molecule has 5 rings (SSSR count). The summed E-state index contributed by atoms with van der Waals surface area (Å²) in [6.45, 7) is 9.88. The Balaban J connectivity index is 1.33. The van der Waals surface area contributed by atoms with Crippen molar-refractivity contribution in [3.63, 3.8) is 0 Å². The van der Waals surface area contributed by atoms with Crippen molar-refractivity contribution in [1.82, 2.24) is 0 Å². The SMILES string of the molecule is COCCOc1cc(C)c(-c2cccc(CNc3ccc4c(c3)CC3(CC3)[C@@H]4OC(C)=O)c2C)c(C)c1. The van der Waals surface area contributed by atoms with Gasteiger partial charge in [0.25, 0.3) is 0 Å². The molecule has 1 fully saturated rings. The molecule has 194 valence electrons. The number of aryl methyl sites for hydroxylation is 2. The standard InChI is InChI=1S/C32H37NO4/c1-20-15-27(36-14-13-35-5)16-21(2)30(20)28-8-6-7-24(22(28)3)19-33-26-9-10-29-25(17-26)18-32(11-12-32)31(29)37-23(4)34/h6-10,15-17,31,33H,11-14,18-19H2,1-5H3/t31-/m1/s1. The minimum absolute atomic E-state index is 0.0868. The van der Waals surface area contributed by atoms with Crippen LogP contribution in [0.2, 0.25) is 0 Å². The molecule has 0 saturated heterocycles. The molecule has 2 aliphatic rings. The summed E-state index contributed by atoms with van der Waals surface area (Å²) in [5.74, 6) is 0.687. The number of methoxy groups -OCH3 is 1. The Morgan fingerprint density at radius 2 is 1.78 bits per heavy atom. The maximum Gasteiger partial charge on any atom is 0.303 e. The maximum absolute atomic E-state index is 11.7. The Bertz CT molecular complexity index is 1300. The Morgan fingerprint density at radius 3 is 2.46 bits per heavy atom. The van der Waals surface area contributed by atoms with Crippen molar-refractivity contribution in [3.8, 4) is 16.9 Å². The quantitative estimate of drug-likeness (QED) is 0.258. The molecule has 0 radical (unpaired) electrons. The summed E-state index contributed by atoms with van der Waals surface area (Å²) in [5, 5.41) is 3.64. The van der Waals surface area contributed by atoms with Gasteiger partial charge < -0.3 is 19.5 Å². The molecule has 37 heavy (non-hydrogen) atoms. The highest BCUT2D eigenvalue weighted by Gasteiger charge is 2.56. The largest absolute Gasteiger partial charge is 0.491 e. The molecule has 1 atom stereocenters. The number of ether oxygens (including phenoxy) is 3. The fourth-order valence-electron chi connectivity index (χ4n) is 5.90. The van der Waals surface area contributed by atoms with Crippen molar-refractivity contribution in [2.24, 2.45) is 5.41 Å². The van der Waals surface area contributed by atoms with Crippen LogP contribution in [-0.4, -0.2) is 26.3 Å². The van der Waals surface area contributed by atoms with E-state index in [4.69, 9.17) is 14.2 Å². The van der Waals surface area contributed by atoms with Crippen LogP contribution in [0.4, 0.5) is 5.69 Å². The molecule has 2 aliphatic carbocycles. The van der Waals surface area contributed by atoms with E-state index in [2.05, 4.69) is 74.6 Å². The zero-order chi connectivity index (χ0) is 26.2. The lowest BCUT2D eigenvalue weighted by molar-refractivity contribution is -0.149. The fourth-order valence-corrected chi connectivity index (χ4v) is 5.90. The molecule has 3 aromatic carbocycles. The molecule has 1 saturated carbocycles. The van der Waals surface area contributed by atoms with Gasteiger partial charge in [0, 0.05) is 31.7 Å². The topological polar surface area (TPSA) is 56.8 Å².